The Bertz CT molecular complexity index is 875. The van der Waals surface area contributed by atoms with Gasteiger partial charge in [0.25, 0.3) is 11.6 Å². The standard InChI is InChI=1S/C17H22F3N7O/c1-9-8-12(27-16(22-9)25-15(26-27)17(18,19)20)23-11-2-3-13(28)24-14(11)10-4-6-21-7-5-10/h8,10-11,14,21,23H,2-7H2,1H3,(H,24,28)/t11-,14+/m1/s1. The molecule has 1 amide bonds. The SMILES string of the molecule is Cc1cc(N[C@@H]2CCC(=O)N[C@H]2C2CCNCC2)n2nc(C(F)(F)F)nc2n1. The molecule has 0 saturated carbocycles. The van der Waals surface area contributed by atoms with Crippen LogP contribution < -0.4 is 16.0 Å². The van der Waals surface area contributed by atoms with Gasteiger partial charge in [0.1, 0.15) is 5.82 Å². The van der Waals surface area contributed by atoms with Crippen molar-refractivity contribution in [2.24, 2.45) is 5.92 Å². The second-order valence-corrected chi connectivity index (χ2v) is 7.40. The number of piperidine rings is 2. The predicted octanol–water partition coefficient (Wildman–Crippen LogP) is 1.51. The Hall–Kier alpha value is -2.43. The molecule has 0 spiro atoms. The Morgan fingerprint density at radius 2 is 1.96 bits per heavy atom. The molecular weight excluding hydrogens is 375 g/mol. The van der Waals surface area contributed by atoms with E-state index in [9.17, 15) is 18.0 Å². The van der Waals surface area contributed by atoms with Gasteiger partial charge in [0.15, 0.2) is 0 Å². The number of halogens is 3. The van der Waals surface area contributed by atoms with Crippen LogP contribution in [0.1, 0.15) is 37.2 Å². The van der Waals surface area contributed by atoms with Crippen molar-refractivity contribution >= 4 is 17.5 Å². The molecular formula is C17H22F3N7O. The lowest BCUT2D eigenvalue weighted by Gasteiger charge is -2.40. The van der Waals surface area contributed by atoms with Crippen LogP contribution in [0.3, 0.4) is 0 Å². The van der Waals surface area contributed by atoms with Gasteiger partial charge in [0.2, 0.25) is 5.91 Å². The first-order chi connectivity index (χ1) is 13.3. The van der Waals surface area contributed by atoms with Gasteiger partial charge in [-0.1, -0.05) is 0 Å². The summed E-state index contributed by atoms with van der Waals surface area (Å²) in [5, 5.41) is 13.3. The van der Waals surface area contributed by atoms with Gasteiger partial charge < -0.3 is 16.0 Å². The molecule has 0 aromatic carbocycles. The van der Waals surface area contributed by atoms with E-state index in [2.05, 4.69) is 31.0 Å². The Balaban J connectivity index is 1.65. The maximum Gasteiger partial charge on any atom is 0.453 e. The van der Waals surface area contributed by atoms with Crippen LogP contribution in [0.2, 0.25) is 0 Å². The van der Waals surface area contributed by atoms with E-state index in [0.717, 1.165) is 30.4 Å². The average molecular weight is 397 g/mol. The monoisotopic (exact) mass is 397 g/mol. The summed E-state index contributed by atoms with van der Waals surface area (Å²) in [4.78, 5) is 19.6. The summed E-state index contributed by atoms with van der Waals surface area (Å²) in [6, 6.07) is 1.46. The molecule has 2 aromatic rings. The molecule has 0 bridgehead atoms. The molecule has 4 heterocycles. The van der Waals surface area contributed by atoms with E-state index in [1.165, 1.54) is 0 Å². The van der Waals surface area contributed by atoms with E-state index in [0.29, 0.717) is 30.3 Å². The molecule has 3 N–H and O–H groups in total. The van der Waals surface area contributed by atoms with Crippen molar-refractivity contribution in [3.63, 3.8) is 0 Å². The van der Waals surface area contributed by atoms with Gasteiger partial charge >= 0.3 is 6.18 Å². The van der Waals surface area contributed by atoms with E-state index < -0.39 is 12.0 Å². The first kappa shape index (κ1) is 18.9. The van der Waals surface area contributed by atoms with Crippen LogP contribution in [0, 0.1) is 12.8 Å². The highest BCUT2D eigenvalue weighted by Gasteiger charge is 2.38. The number of rotatable bonds is 3. The Morgan fingerprint density at radius 1 is 1.21 bits per heavy atom. The van der Waals surface area contributed by atoms with E-state index in [-0.39, 0.29) is 23.8 Å². The number of alkyl halides is 3. The fraction of sp³-hybridized carbons (Fsp3) is 0.647. The number of nitrogens with zero attached hydrogens (tertiary/aromatic N) is 4. The molecule has 28 heavy (non-hydrogen) atoms. The van der Waals surface area contributed by atoms with E-state index >= 15 is 0 Å². The number of amides is 1. The molecule has 152 valence electrons. The van der Waals surface area contributed by atoms with Crippen molar-refractivity contribution in [2.45, 2.75) is 50.9 Å². The van der Waals surface area contributed by atoms with Crippen LogP contribution in [-0.2, 0) is 11.0 Å². The molecule has 2 aliphatic rings. The fourth-order valence-corrected chi connectivity index (χ4v) is 4.04. The molecule has 2 aliphatic heterocycles. The van der Waals surface area contributed by atoms with Crippen molar-refractivity contribution in [1.82, 2.24) is 30.2 Å². The fourth-order valence-electron chi connectivity index (χ4n) is 4.04. The topological polar surface area (TPSA) is 96.2 Å². The molecule has 11 heteroatoms. The smallest absolute Gasteiger partial charge is 0.365 e. The lowest BCUT2D eigenvalue weighted by atomic mass is 9.82. The maximum absolute atomic E-state index is 13.0. The third kappa shape index (κ3) is 3.75. The molecule has 0 radical (unpaired) electrons. The molecule has 2 atom stereocenters. The summed E-state index contributed by atoms with van der Waals surface area (Å²) in [6.07, 6.45) is -1.79. The average Bonchev–Trinajstić information content (AvgIpc) is 3.08. The van der Waals surface area contributed by atoms with Gasteiger partial charge in [-0.25, -0.2) is 4.98 Å². The van der Waals surface area contributed by atoms with Crippen LogP contribution in [-0.4, -0.2) is 50.7 Å². The molecule has 2 aromatic heterocycles. The molecule has 0 aliphatic carbocycles. The minimum Gasteiger partial charge on any atom is -0.365 e. The minimum atomic E-state index is -4.64. The summed E-state index contributed by atoms with van der Waals surface area (Å²) in [7, 11) is 0. The largest absolute Gasteiger partial charge is 0.453 e. The van der Waals surface area contributed by atoms with Gasteiger partial charge in [-0.3, -0.25) is 4.79 Å². The molecule has 2 fully saturated rings. The van der Waals surface area contributed by atoms with Crippen LogP contribution in [0.5, 0.6) is 0 Å². The molecule has 0 unspecified atom stereocenters. The van der Waals surface area contributed by atoms with Crippen molar-refractivity contribution in [1.29, 1.82) is 0 Å². The zero-order valence-corrected chi connectivity index (χ0v) is 15.4. The number of aryl methyl sites for hydroxylation is 1. The van der Waals surface area contributed by atoms with Crippen LogP contribution in [0.25, 0.3) is 5.78 Å². The number of carbonyl (C=O) groups excluding carboxylic acids is 1. The Labute approximate surface area is 159 Å². The second kappa shape index (κ2) is 7.19. The Morgan fingerprint density at radius 3 is 2.68 bits per heavy atom. The normalized spacial score (nSPS) is 24.4. The number of aromatic nitrogens is 4. The van der Waals surface area contributed by atoms with E-state index in [1.54, 1.807) is 13.0 Å². The van der Waals surface area contributed by atoms with E-state index in [1.807, 2.05) is 0 Å². The first-order valence-electron chi connectivity index (χ1n) is 9.39. The summed E-state index contributed by atoms with van der Waals surface area (Å²) < 4.78 is 40.2. The third-order valence-corrected chi connectivity index (χ3v) is 5.36. The molecule has 2 saturated heterocycles. The van der Waals surface area contributed by atoms with Gasteiger partial charge in [0, 0.05) is 24.2 Å². The number of nitrogens with one attached hydrogen (secondary N) is 3. The summed E-state index contributed by atoms with van der Waals surface area (Å²) >= 11 is 0. The number of fused-ring (bicyclic) bond motifs is 1. The Kier molecular flexibility index (Phi) is 4.86. The van der Waals surface area contributed by atoms with Crippen molar-refractivity contribution in [3.05, 3.63) is 17.6 Å². The lowest BCUT2D eigenvalue weighted by Crippen LogP contribution is -2.56. The zero-order valence-electron chi connectivity index (χ0n) is 15.4. The van der Waals surface area contributed by atoms with Crippen molar-refractivity contribution in [2.75, 3.05) is 18.4 Å². The quantitative estimate of drug-likeness (QED) is 0.727. The lowest BCUT2D eigenvalue weighted by molar-refractivity contribution is -0.144. The number of carbonyl (C=O) groups is 1. The predicted molar refractivity (Wildman–Crippen MR) is 94.7 cm³/mol. The number of anilines is 1. The summed E-state index contributed by atoms with van der Waals surface area (Å²) in [5.74, 6) is -0.611. The van der Waals surface area contributed by atoms with Crippen LogP contribution >= 0.6 is 0 Å². The number of hydrogen-bond donors (Lipinski definition) is 3. The van der Waals surface area contributed by atoms with Crippen LogP contribution in [0.4, 0.5) is 19.0 Å². The molecule has 8 nitrogen and oxygen atoms in total. The van der Waals surface area contributed by atoms with Gasteiger partial charge in [-0.05, 0) is 45.2 Å². The highest BCUT2D eigenvalue weighted by Crippen LogP contribution is 2.29. The minimum absolute atomic E-state index is 0.0118. The molecule has 4 rings (SSSR count). The maximum atomic E-state index is 13.0. The number of hydrogen-bond acceptors (Lipinski definition) is 6. The highest BCUT2D eigenvalue weighted by atomic mass is 19.4. The summed E-state index contributed by atoms with van der Waals surface area (Å²) in [5.41, 5.74) is 0.536. The van der Waals surface area contributed by atoms with Crippen molar-refractivity contribution < 1.29 is 18.0 Å². The van der Waals surface area contributed by atoms with Crippen LogP contribution in [0.15, 0.2) is 6.07 Å². The van der Waals surface area contributed by atoms with Crippen molar-refractivity contribution in [3.8, 4) is 0 Å². The highest BCUT2D eigenvalue weighted by molar-refractivity contribution is 5.77. The zero-order chi connectivity index (χ0) is 19.9. The second-order valence-electron chi connectivity index (χ2n) is 7.40. The summed E-state index contributed by atoms with van der Waals surface area (Å²) in [6.45, 7) is 3.47. The first-order valence-corrected chi connectivity index (χ1v) is 9.39. The van der Waals surface area contributed by atoms with Gasteiger partial charge in [0.05, 0.1) is 6.04 Å². The van der Waals surface area contributed by atoms with Gasteiger partial charge in [-0.2, -0.15) is 22.7 Å². The third-order valence-electron chi connectivity index (χ3n) is 5.36. The van der Waals surface area contributed by atoms with Gasteiger partial charge in [-0.15, -0.1) is 5.10 Å². The van der Waals surface area contributed by atoms with E-state index in [4.69, 9.17) is 0 Å².